The van der Waals surface area contributed by atoms with Crippen molar-refractivity contribution in [2.45, 2.75) is 44.7 Å². The lowest BCUT2D eigenvalue weighted by molar-refractivity contribution is -0.384. The third-order valence-electron chi connectivity index (χ3n) is 7.02. The van der Waals surface area contributed by atoms with Gasteiger partial charge in [-0.15, -0.1) is 0 Å². The zero-order valence-electron chi connectivity index (χ0n) is 19.1. The lowest BCUT2D eigenvalue weighted by Gasteiger charge is -2.31. The molecule has 9 heteroatoms. The lowest BCUT2D eigenvalue weighted by atomic mass is 9.76. The van der Waals surface area contributed by atoms with E-state index in [0.29, 0.717) is 12.0 Å². The number of nitrogens with zero attached hydrogens (tertiary/aromatic N) is 2. The number of aryl methyl sites for hydroxylation is 1. The molecule has 0 aromatic heterocycles. The van der Waals surface area contributed by atoms with Crippen molar-refractivity contribution in [3.05, 3.63) is 75.3 Å². The molecule has 178 valence electrons. The van der Waals surface area contributed by atoms with Gasteiger partial charge < -0.3 is 5.11 Å². The van der Waals surface area contributed by atoms with Crippen LogP contribution in [0.4, 0.5) is 5.69 Å². The summed E-state index contributed by atoms with van der Waals surface area (Å²) in [6.45, 7) is 4.10. The van der Waals surface area contributed by atoms with Crippen molar-refractivity contribution < 1.29 is 24.4 Å². The first-order chi connectivity index (χ1) is 16.2. The van der Waals surface area contributed by atoms with Crippen molar-refractivity contribution in [2.24, 2.45) is 11.8 Å². The largest absolute Gasteiger partial charge is 0.480 e. The number of likely N-dealkylation sites (tertiary alicyclic amines) is 1. The number of non-ortho nitro benzene ring substituents is 1. The van der Waals surface area contributed by atoms with Gasteiger partial charge in [0, 0.05) is 31.1 Å². The molecule has 4 unspecified atom stereocenters. The van der Waals surface area contributed by atoms with Crippen LogP contribution in [-0.4, -0.2) is 44.8 Å². The van der Waals surface area contributed by atoms with Crippen LogP contribution in [0.3, 0.4) is 0 Å². The van der Waals surface area contributed by atoms with E-state index in [9.17, 15) is 29.6 Å². The molecule has 34 heavy (non-hydrogen) atoms. The Morgan fingerprint density at radius 2 is 1.82 bits per heavy atom. The van der Waals surface area contributed by atoms with E-state index >= 15 is 0 Å². The number of unbranched alkanes of at least 4 members (excludes halogenated alkanes) is 1. The summed E-state index contributed by atoms with van der Waals surface area (Å²) in [4.78, 5) is 51.6. The number of benzene rings is 2. The second-order valence-corrected chi connectivity index (χ2v) is 9.04. The Morgan fingerprint density at radius 1 is 1.15 bits per heavy atom. The molecule has 2 heterocycles. The number of carbonyl (C=O) groups is 3. The SMILES string of the molecule is CCCCN1C(=O)C2C(c3ccccc3C)NC(Cc3ccc([N+](=O)[O-])cc3)(C(=O)O)C2C1=O. The van der Waals surface area contributed by atoms with Crippen molar-refractivity contribution in [3.8, 4) is 0 Å². The van der Waals surface area contributed by atoms with Crippen LogP contribution in [0, 0.1) is 28.9 Å². The van der Waals surface area contributed by atoms with Crippen molar-refractivity contribution in [2.75, 3.05) is 6.54 Å². The highest BCUT2D eigenvalue weighted by Gasteiger charge is 2.68. The van der Waals surface area contributed by atoms with Gasteiger partial charge in [-0.1, -0.05) is 49.7 Å². The molecule has 0 radical (unpaired) electrons. The molecule has 9 nitrogen and oxygen atoms in total. The summed E-state index contributed by atoms with van der Waals surface area (Å²) in [5.74, 6) is -3.99. The van der Waals surface area contributed by atoms with Crippen molar-refractivity contribution in [1.29, 1.82) is 0 Å². The molecule has 2 saturated heterocycles. The predicted octanol–water partition coefficient (Wildman–Crippen LogP) is 3.01. The van der Waals surface area contributed by atoms with E-state index in [4.69, 9.17) is 0 Å². The van der Waals surface area contributed by atoms with Crippen LogP contribution in [0.2, 0.25) is 0 Å². The van der Waals surface area contributed by atoms with E-state index in [0.717, 1.165) is 17.5 Å². The fourth-order valence-electron chi connectivity index (χ4n) is 5.29. The molecule has 0 aliphatic carbocycles. The van der Waals surface area contributed by atoms with E-state index in [1.807, 2.05) is 38.1 Å². The number of fused-ring (bicyclic) bond motifs is 1. The molecule has 0 spiro atoms. The Hall–Kier alpha value is -3.59. The van der Waals surface area contributed by atoms with E-state index < -0.39 is 40.2 Å². The van der Waals surface area contributed by atoms with Gasteiger partial charge in [0.25, 0.3) is 5.69 Å². The fraction of sp³-hybridized carbons (Fsp3) is 0.400. The van der Waals surface area contributed by atoms with Gasteiger partial charge in [0.05, 0.1) is 16.8 Å². The number of carboxylic acids is 1. The molecule has 2 amide bonds. The molecule has 2 aromatic rings. The Bertz CT molecular complexity index is 1150. The Morgan fingerprint density at radius 3 is 2.41 bits per heavy atom. The van der Waals surface area contributed by atoms with E-state index in [-0.39, 0.29) is 24.6 Å². The first-order valence-electron chi connectivity index (χ1n) is 11.4. The number of hydrogen-bond donors (Lipinski definition) is 2. The minimum Gasteiger partial charge on any atom is -0.480 e. The molecule has 0 bridgehead atoms. The number of imide groups is 1. The van der Waals surface area contributed by atoms with Crippen molar-refractivity contribution >= 4 is 23.5 Å². The predicted molar refractivity (Wildman–Crippen MR) is 123 cm³/mol. The summed E-state index contributed by atoms with van der Waals surface area (Å²) in [5, 5.41) is 24.7. The Labute approximate surface area is 196 Å². The highest BCUT2D eigenvalue weighted by atomic mass is 16.6. The number of nitrogens with one attached hydrogen (secondary N) is 1. The summed E-state index contributed by atoms with van der Waals surface area (Å²) < 4.78 is 0. The Kier molecular flexibility index (Phi) is 6.22. The monoisotopic (exact) mass is 465 g/mol. The average molecular weight is 466 g/mol. The number of nitro benzene ring substituents is 1. The smallest absolute Gasteiger partial charge is 0.325 e. The van der Waals surface area contributed by atoms with Crippen LogP contribution < -0.4 is 5.32 Å². The van der Waals surface area contributed by atoms with Crippen LogP contribution in [-0.2, 0) is 20.8 Å². The first-order valence-corrected chi connectivity index (χ1v) is 11.4. The number of rotatable bonds is 8. The maximum atomic E-state index is 13.5. The minimum atomic E-state index is -1.73. The molecular formula is C25H27N3O6. The van der Waals surface area contributed by atoms with Crippen LogP contribution in [0.15, 0.2) is 48.5 Å². The maximum absolute atomic E-state index is 13.5. The molecular weight excluding hydrogens is 438 g/mol. The van der Waals surface area contributed by atoms with Gasteiger partial charge in [-0.2, -0.15) is 0 Å². The molecule has 2 fully saturated rings. The number of nitro groups is 1. The average Bonchev–Trinajstić information content (AvgIpc) is 3.27. The van der Waals surface area contributed by atoms with Gasteiger partial charge in [-0.05, 0) is 30.0 Å². The first kappa shape index (κ1) is 23.6. The van der Waals surface area contributed by atoms with E-state index in [1.54, 1.807) is 0 Å². The van der Waals surface area contributed by atoms with Gasteiger partial charge >= 0.3 is 5.97 Å². The summed E-state index contributed by atoms with van der Waals surface area (Å²) in [7, 11) is 0. The van der Waals surface area contributed by atoms with Crippen LogP contribution in [0.1, 0.15) is 42.5 Å². The molecule has 4 rings (SSSR count). The van der Waals surface area contributed by atoms with Gasteiger partial charge in [0.2, 0.25) is 11.8 Å². The molecule has 2 N–H and O–H groups in total. The molecule has 2 aromatic carbocycles. The van der Waals surface area contributed by atoms with Gasteiger partial charge in [0.1, 0.15) is 5.54 Å². The zero-order valence-corrected chi connectivity index (χ0v) is 19.1. The van der Waals surface area contributed by atoms with Crippen molar-refractivity contribution in [3.63, 3.8) is 0 Å². The number of amides is 2. The van der Waals surface area contributed by atoms with Crippen molar-refractivity contribution in [1.82, 2.24) is 10.2 Å². The maximum Gasteiger partial charge on any atom is 0.325 e. The number of carbonyl (C=O) groups excluding carboxylic acids is 2. The van der Waals surface area contributed by atoms with Gasteiger partial charge in [-0.3, -0.25) is 34.7 Å². The van der Waals surface area contributed by atoms with E-state index in [1.165, 1.54) is 29.2 Å². The second kappa shape index (κ2) is 8.98. The number of hydrogen-bond acceptors (Lipinski definition) is 6. The summed E-state index contributed by atoms with van der Waals surface area (Å²) in [6, 6.07) is 12.4. The van der Waals surface area contributed by atoms with Crippen LogP contribution >= 0.6 is 0 Å². The third-order valence-corrected chi connectivity index (χ3v) is 7.02. The molecule has 4 atom stereocenters. The fourth-order valence-corrected chi connectivity index (χ4v) is 5.29. The Balaban J connectivity index is 1.81. The minimum absolute atomic E-state index is 0.0927. The molecule has 2 aliphatic heterocycles. The zero-order chi connectivity index (χ0) is 24.6. The number of carboxylic acid groups (broad SMARTS) is 1. The van der Waals surface area contributed by atoms with Crippen LogP contribution in [0.5, 0.6) is 0 Å². The second-order valence-electron chi connectivity index (χ2n) is 9.04. The molecule has 2 aliphatic rings. The third kappa shape index (κ3) is 3.75. The number of aliphatic carboxylic acids is 1. The van der Waals surface area contributed by atoms with Crippen LogP contribution in [0.25, 0.3) is 0 Å². The normalized spacial score (nSPS) is 26.1. The van der Waals surface area contributed by atoms with Gasteiger partial charge in [0.15, 0.2) is 0 Å². The van der Waals surface area contributed by atoms with Gasteiger partial charge in [-0.25, -0.2) is 0 Å². The topological polar surface area (TPSA) is 130 Å². The highest BCUT2D eigenvalue weighted by Crippen LogP contribution is 2.50. The molecule has 0 saturated carbocycles. The van der Waals surface area contributed by atoms with E-state index in [2.05, 4.69) is 5.32 Å². The summed E-state index contributed by atoms with van der Waals surface area (Å²) in [6.07, 6.45) is 1.34. The standard InChI is InChI=1S/C25H27N3O6/c1-3-4-13-27-22(29)19-20(23(27)30)25(24(31)32,14-16-9-11-17(12-10-16)28(33)34)26-21(19)18-8-6-5-7-15(18)2/h5-12,19-21,26H,3-4,13-14H2,1-2H3,(H,31,32). The summed E-state index contributed by atoms with van der Waals surface area (Å²) in [5.41, 5.74) is 0.352. The quantitative estimate of drug-likeness (QED) is 0.348. The highest BCUT2D eigenvalue weighted by molar-refractivity contribution is 6.09. The summed E-state index contributed by atoms with van der Waals surface area (Å²) >= 11 is 0. The lowest BCUT2D eigenvalue weighted by Crippen LogP contribution is -2.57.